The Kier molecular flexibility index (Phi) is 6.47. The van der Waals surface area contributed by atoms with Gasteiger partial charge < -0.3 is 14.8 Å². The van der Waals surface area contributed by atoms with E-state index in [0.717, 1.165) is 14.7 Å². The summed E-state index contributed by atoms with van der Waals surface area (Å²) in [5.41, 5.74) is 0.673. The van der Waals surface area contributed by atoms with Crippen molar-refractivity contribution in [1.29, 1.82) is 0 Å². The highest BCUT2D eigenvalue weighted by atomic mass is 79.9. The van der Waals surface area contributed by atoms with Crippen LogP contribution in [0.3, 0.4) is 0 Å². The Morgan fingerprint density at radius 3 is 2.65 bits per heavy atom. The Morgan fingerprint density at radius 2 is 1.96 bits per heavy atom. The van der Waals surface area contributed by atoms with Gasteiger partial charge in [0.25, 0.3) is 5.91 Å². The molecule has 0 aliphatic carbocycles. The first kappa shape index (κ1) is 17.8. The predicted molar refractivity (Wildman–Crippen MR) is 98.2 cm³/mol. The maximum Gasteiger partial charge on any atom is 0.262 e. The van der Waals surface area contributed by atoms with E-state index in [1.807, 2.05) is 38.1 Å². The average Bonchev–Trinajstić information content (AvgIpc) is 2.46. The third-order valence-electron chi connectivity index (χ3n) is 2.74. The molecule has 2 aromatic rings. The van der Waals surface area contributed by atoms with Crippen molar-refractivity contribution >= 4 is 43.5 Å². The van der Waals surface area contributed by atoms with Crippen LogP contribution in [0, 0.1) is 0 Å². The van der Waals surface area contributed by atoms with E-state index in [-0.39, 0.29) is 18.6 Å². The second-order valence-corrected chi connectivity index (χ2v) is 6.88. The summed E-state index contributed by atoms with van der Waals surface area (Å²) >= 11 is 6.76. The lowest BCUT2D eigenvalue weighted by Crippen LogP contribution is -2.20. The summed E-state index contributed by atoms with van der Waals surface area (Å²) < 4.78 is 12.8. The Bertz CT molecular complexity index is 689. The molecule has 0 radical (unpaired) electrons. The molecule has 0 unspecified atom stereocenters. The molecular formula is C17H17Br2NO3. The minimum Gasteiger partial charge on any atom is -0.491 e. The predicted octanol–water partition coefficient (Wildman–Crippen LogP) is 5.02. The van der Waals surface area contributed by atoms with Crippen LogP contribution in [0.15, 0.2) is 51.4 Å². The monoisotopic (exact) mass is 441 g/mol. The number of carbonyl (C=O) groups is 1. The second kappa shape index (κ2) is 8.36. The highest BCUT2D eigenvalue weighted by Crippen LogP contribution is 2.28. The molecule has 0 spiro atoms. The molecule has 0 atom stereocenters. The Labute approximate surface area is 152 Å². The van der Waals surface area contributed by atoms with Gasteiger partial charge in [-0.05, 0) is 60.1 Å². The van der Waals surface area contributed by atoms with Gasteiger partial charge in [-0.2, -0.15) is 0 Å². The van der Waals surface area contributed by atoms with E-state index >= 15 is 0 Å². The number of nitrogens with one attached hydrogen (secondary N) is 1. The zero-order chi connectivity index (χ0) is 16.8. The highest BCUT2D eigenvalue weighted by molar-refractivity contribution is 9.11. The lowest BCUT2D eigenvalue weighted by atomic mass is 10.3. The van der Waals surface area contributed by atoms with Crippen molar-refractivity contribution in [2.45, 2.75) is 20.0 Å². The molecule has 2 aromatic carbocycles. The third-order valence-corrected chi connectivity index (χ3v) is 3.86. The van der Waals surface area contributed by atoms with Crippen LogP contribution in [-0.2, 0) is 4.79 Å². The van der Waals surface area contributed by atoms with Crippen molar-refractivity contribution in [2.75, 3.05) is 11.9 Å². The molecule has 1 amide bonds. The first-order valence-electron chi connectivity index (χ1n) is 7.08. The molecule has 4 nitrogen and oxygen atoms in total. The van der Waals surface area contributed by atoms with Gasteiger partial charge in [-0.3, -0.25) is 4.79 Å². The van der Waals surface area contributed by atoms with Gasteiger partial charge in [-0.15, -0.1) is 0 Å². The second-order valence-electron chi connectivity index (χ2n) is 5.11. The Balaban J connectivity index is 1.92. The van der Waals surface area contributed by atoms with Crippen molar-refractivity contribution in [1.82, 2.24) is 0 Å². The summed E-state index contributed by atoms with van der Waals surface area (Å²) in [6.45, 7) is 3.83. The van der Waals surface area contributed by atoms with E-state index in [4.69, 9.17) is 9.47 Å². The fraction of sp³-hybridized carbons (Fsp3) is 0.235. The molecule has 0 aromatic heterocycles. The van der Waals surface area contributed by atoms with Crippen molar-refractivity contribution in [3.8, 4) is 11.5 Å². The van der Waals surface area contributed by atoms with Crippen molar-refractivity contribution < 1.29 is 14.3 Å². The van der Waals surface area contributed by atoms with Crippen LogP contribution in [0.5, 0.6) is 11.5 Å². The summed E-state index contributed by atoms with van der Waals surface area (Å²) in [7, 11) is 0. The fourth-order valence-electron chi connectivity index (χ4n) is 1.85. The molecule has 122 valence electrons. The number of anilines is 1. The normalized spacial score (nSPS) is 10.5. The lowest BCUT2D eigenvalue weighted by Gasteiger charge is -2.12. The number of carbonyl (C=O) groups excluding carboxylic acids is 1. The van der Waals surface area contributed by atoms with Crippen molar-refractivity contribution in [3.63, 3.8) is 0 Å². The van der Waals surface area contributed by atoms with Crippen LogP contribution in [0.25, 0.3) is 0 Å². The summed E-state index contributed by atoms with van der Waals surface area (Å²) in [6.07, 6.45) is 0.0824. The van der Waals surface area contributed by atoms with Gasteiger partial charge in [-0.25, -0.2) is 0 Å². The number of benzene rings is 2. The zero-order valence-corrected chi connectivity index (χ0v) is 16.0. The number of amides is 1. The molecule has 6 heteroatoms. The molecule has 0 saturated heterocycles. The minimum absolute atomic E-state index is 0.0739. The third kappa shape index (κ3) is 5.88. The fourth-order valence-corrected chi connectivity index (χ4v) is 3.01. The van der Waals surface area contributed by atoms with Gasteiger partial charge in [0.05, 0.1) is 10.6 Å². The molecule has 2 rings (SSSR count). The Morgan fingerprint density at radius 1 is 1.17 bits per heavy atom. The Hall–Kier alpha value is -1.53. The van der Waals surface area contributed by atoms with Gasteiger partial charge in [0.1, 0.15) is 11.5 Å². The maximum absolute atomic E-state index is 12.0. The number of hydrogen-bond acceptors (Lipinski definition) is 3. The molecule has 0 aliphatic rings. The van der Waals surface area contributed by atoms with E-state index in [0.29, 0.717) is 11.4 Å². The number of ether oxygens (including phenoxy) is 2. The van der Waals surface area contributed by atoms with E-state index < -0.39 is 0 Å². The van der Waals surface area contributed by atoms with Crippen molar-refractivity contribution in [2.24, 2.45) is 0 Å². The van der Waals surface area contributed by atoms with Crippen LogP contribution in [-0.4, -0.2) is 18.6 Å². The van der Waals surface area contributed by atoms with Crippen LogP contribution in [0.1, 0.15) is 13.8 Å². The summed E-state index contributed by atoms with van der Waals surface area (Å²) in [6, 6.07) is 12.8. The molecular weight excluding hydrogens is 426 g/mol. The van der Waals surface area contributed by atoms with Crippen LogP contribution < -0.4 is 14.8 Å². The maximum atomic E-state index is 12.0. The van der Waals surface area contributed by atoms with Gasteiger partial charge in [0.15, 0.2) is 6.61 Å². The van der Waals surface area contributed by atoms with E-state index in [1.165, 1.54) is 0 Å². The first-order chi connectivity index (χ1) is 10.9. The minimum atomic E-state index is -0.235. The van der Waals surface area contributed by atoms with E-state index in [2.05, 4.69) is 37.2 Å². The highest BCUT2D eigenvalue weighted by Gasteiger charge is 2.07. The molecule has 0 fully saturated rings. The standard InChI is InChI=1S/C17H17Br2NO3/c1-11(2)23-14-5-3-4-13(9-14)20-17(21)10-22-16-7-6-12(18)8-15(16)19/h3-9,11H,10H2,1-2H3,(H,20,21). The van der Waals surface area contributed by atoms with Crippen LogP contribution >= 0.6 is 31.9 Å². The molecule has 0 bridgehead atoms. The number of halogens is 2. The average molecular weight is 443 g/mol. The summed E-state index contributed by atoms with van der Waals surface area (Å²) in [5, 5.41) is 2.79. The van der Waals surface area contributed by atoms with Crippen molar-refractivity contribution in [3.05, 3.63) is 51.4 Å². The molecule has 0 aliphatic heterocycles. The molecule has 1 N–H and O–H groups in total. The van der Waals surface area contributed by atoms with E-state index in [9.17, 15) is 4.79 Å². The summed E-state index contributed by atoms with van der Waals surface area (Å²) in [5.74, 6) is 1.09. The number of hydrogen-bond donors (Lipinski definition) is 1. The summed E-state index contributed by atoms with van der Waals surface area (Å²) in [4.78, 5) is 12.0. The molecule has 23 heavy (non-hydrogen) atoms. The smallest absolute Gasteiger partial charge is 0.262 e. The first-order valence-corrected chi connectivity index (χ1v) is 8.67. The molecule has 0 saturated carbocycles. The van der Waals surface area contributed by atoms with Crippen LogP contribution in [0.4, 0.5) is 5.69 Å². The molecule has 0 heterocycles. The number of rotatable bonds is 6. The van der Waals surface area contributed by atoms with E-state index in [1.54, 1.807) is 18.2 Å². The topological polar surface area (TPSA) is 47.6 Å². The zero-order valence-electron chi connectivity index (χ0n) is 12.8. The van der Waals surface area contributed by atoms with Crippen LogP contribution in [0.2, 0.25) is 0 Å². The van der Waals surface area contributed by atoms with Gasteiger partial charge >= 0.3 is 0 Å². The quantitative estimate of drug-likeness (QED) is 0.683. The van der Waals surface area contributed by atoms with Gasteiger partial charge in [0, 0.05) is 16.2 Å². The lowest BCUT2D eigenvalue weighted by molar-refractivity contribution is -0.118. The van der Waals surface area contributed by atoms with Gasteiger partial charge in [0.2, 0.25) is 0 Å². The SMILES string of the molecule is CC(C)Oc1cccc(NC(=O)COc2ccc(Br)cc2Br)c1. The largest absolute Gasteiger partial charge is 0.491 e. The van der Waals surface area contributed by atoms with Gasteiger partial charge in [-0.1, -0.05) is 22.0 Å².